The molecule has 0 radical (unpaired) electrons. The molecule has 0 aliphatic carbocycles. The summed E-state index contributed by atoms with van der Waals surface area (Å²) in [5.41, 5.74) is 7.42. The first-order valence-corrected chi connectivity index (χ1v) is 6.36. The van der Waals surface area contributed by atoms with Gasteiger partial charge in [0.1, 0.15) is 0 Å². The van der Waals surface area contributed by atoms with Crippen LogP contribution < -0.4 is 10.6 Å². The van der Waals surface area contributed by atoms with Crippen LogP contribution in [0.3, 0.4) is 0 Å². The molecule has 1 fully saturated rings. The molecule has 2 rings (SSSR count). The normalized spacial score (nSPS) is 23.2. The zero-order valence-electron chi connectivity index (χ0n) is 11.6. The van der Waals surface area contributed by atoms with Crippen molar-refractivity contribution >= 4 is 5.95 Å². The van der Waals surface area contributed by atoms with Crippen molar-refractivity contribution in [3.8, 4) is 0 Å². The maximum absolute atomic E-state index is 5.88. The van der Waals surface area contributed by atoms with Crippen molar-refractivity contribution in [2.24, 2.45) is 5.73 Å². The van der Waals surface area contributed by atoms with E-state index in [0.29, 0.717) is 6.54 Å². The number of hydrogen-bond donors (Lipinski definition) is 1. The molecule has 1 aromatic heterocycles. The second-order valence-electron chi connectivity index (χ2n) is 5.55. The van der Waals surface area contributed by atoms with E-state index in [9.17, 15) is 0 Å². The number of hydrogen-bond acceptors (Lipinski definition) is 5. The number of morpholine rings is 1. The highest BCUT2D eigenvalue weighted by Crippen LogP contribution is 2.24. The van der Waals surface area contributed by atoms with Crippen LogP contribution in [0.5, 0.6) is 0 Å². The second kappa shape index (κ2) is 4.82. The number of rotatable bonds is 2. The molecule has 2 N–H and O–H groups in total. The summed E-state index contributed by atoms with van der Waals surface area (Å²) in [5.74, 6) is 0.771. The van der Waals surface area contributed by atoms with E-state index in [4.69, 9.17) is 10.5 Å². The lowest BCUT2D eigenvalue weighted by Crippen LogP contribution is -2.52. The molecular weight excluding hydrogens is 228 g/mol. The average Bonchev–Trinajstić information content (AvgIpc) is 2.26. The van der Waals surface area contributed by atoms with Crippen molar-refractivity contribution in [2.45, 2.75) is 45.9 Å². The van der Waals surface area contributed by atoms with Gasteiger partial charge < -0.3 is 15.4 Å². The van der Waals surface area contributed by atoms with Crippen LogP contribution in [0.1, 0.15) is 32.0 Å². The quantitative estimate of drug-likeness (QED) is 0.855. The van der Waals surface area contributed by atoms with Gasteiger partial charge in [0.25, 0.3) is 0 Å². The molecule has 18 heavy (non-hydrogen) atoms. The summed E-state index contributed by atoms with van der Waals surface area (Å²) in [6.07, 6.45) is 2.01. The van der Waals surface area contributed by atoms with Crippen LogP contribution in [-0.2, 0) is 11.3 Å². The largest absolute Gasteiger partial charge is 0.369 e. The van der Waals surface area contributed by atoms with Gasteiger partial charge in [0.2, 0.25) is 5.95 Å². The van der Waals surface area contributed by atoms with E-state index in [0.717, 1.165) is 30.3 Å². The molecule has 0 aromatic carbocycles. The standard InChI is InChI=1S/C13H22N4O/c1-9-7-17(8-13(3,4)18-9)12-15-6-11(5-14)10(2)16-12/h6,9H,5,7-8,14H2,1-4H3. The maximum atomic E-state index is 5.88. The van der Waals surface area contributed by atoms with Crippen molar-refractivity contribution in [1.82, 2.24) is 9.97 Å². The summed E-state index contributed by atoms with van der Waals surface area (Å²) in [7, 11) is 0. The fraction of sp³-hybridized carbons (Fsp3) is 0.692. The topological polar surface area (TPSA) is 64.3 Å². The van der Waals surface area contributed by atoms with Gasteiger partial charge in [-0.3, -0.25) is 0 Å². The van der Waals surface area contributed by atoms with Gasteiger partial charge in [-0.25, -0.2) is 9.97 Å². The Balaban J connectivity index is 2.23. The zero-order chi connectivity index (χ0) is 13.3. The number of ether oxygens (including phenoxy) is 1. The number of nitrogens with two attached hydrogens (primary N) is 1. The van der Waals surface area contributed by atoms with E-state index in [2.05, 4.69) is 35.6 Å². The molecule has 1 aliphatic rings. The lowest BCUT2D eigenvalue weighted by molar-refractivity contribution is -0.0753. The van der Waals surface area contributed by atoms with E-state index >= 15 is 0 Å². The Hall–Kier alpha value is -1.20. The molecule has 2 heterocycles. The SMILES string of the molecule is Cc1nc(N2CC(C)OC(C)(C)C2)ncc1CN. The minimum atomic E-state index is -0.165. The smallest absolute Gasteiger partial charge is 0.225 e. The Kier molecular flexibility index (Phi) is 3.54. The van der Waals surface area contributed by atoms with Gasteiger partial charge in [0.15, 0.2) is 0 Å². The van der Waals surface area contributed by atoms with Gasteiger partial charge in [-0.2, -0.15) is 0 Å². The lowest BCUT2D eigenvalue weighted by atomic mass is 10.1. The molecule has 1 saturated heterocycles. The van der Waals surface area contributed by atoms with E-state index in [1.54, 1.807) is 0 Å². The molecule has 0 saturated carbocycles. The Bertz CT molecular complexity index is 433. The van der Waals surface area contributed by atoms with Gasteiger partial charge in [-0.1, -0.05) is 0 Å². The van der Waals surface area contributed by atoms with Crippen LogP contribution in [0.2, 0.25) is 0 Å². The summed E-state index contributed by atoms with van der Waals surface area (Å²) in [5, 5.41) is 0. The summed E-state index contributed by atoms with van der Waals surface area (Å²) < 4.78 is 5.88. The van der Waals surface area contributed by atoms with Gasteiger partial charge in [0.05, 0.1) is 11.7 Å². The van der Waals surface area contributed by atoms with Crippen molar-refractivity contribution in [1.29, 1.82) is 0 Å². The Morgan fingerprint density at radius 2 is 2.28 bits per heavy atom. The molecule has 100 valence electrons. The predicted octanol–water partition coefficient (Wildman–Crippen LogP) is 1.25. The second-order valence-corrected chi connectivity index (χ2v) is 5.55. The third-order valence-corrected chi connectivity index (χ3v) is 3.14. The Morgan fingerprint density at radius 3 is 2.83 bits per heavy atom. The van der Waals surface area contributed by atoms with Gasteiger partial charge in [0, 0.05) is 37.1 Å². The molecule has 1 atom stereocenters. The lowest BCUT2D eigenvalue weighted by Gasteiger charge is -2.41. The Morgan fingerprint density at radius 1 is 1.56 bits per heavy atom. The molecule has 0 spiro atoms. The first kappa shape index (κ1) is 13.2. The molecule has 1 aliphatic heterocycles. The molecule has 5 nitrogen and oxygen atoms in total. The number of aromatic nitrogens is 2. The van der Waals surface area contributed by atoms with Crippen molar-refractivity contribution in [3.63, 3.8) is 0 Å². The van der Waals surface area contributed by atoms with Gasteiger partial charge in [-0.15, -0.1) is 0 Å². The Labute approximate surface area is 108 Å². The van der Waals surface area contributed by atoms with E-state index < -0.39 is 0 Å². The van der Waals surface area contributed by atoms with E-state index in [1.165, 1.54) is 0 Å². The minimum absolute atomic E-state index is 0.165. The van der Waals surface area contributed by atoms with Crippen molar-refractivity contribution < 1.29 is 4.74 Å². The highest BCUT2D eigenvalue weighted by atomic mass is 16.5. The predicted molar refractivity (Wildman–Crippen MR) is 71.5 cm³/mol. The molecule has 1 aromatic rings. The average molecular weight is 250 g/mol. The van der Waals surface area contributed by atoms with Crippen molar-refractivity contribution in [2.75, 3.05) is 18.0 Å². The van der Waals surface area contributed by atoms with Gasteiger partial charge >= 0.3 is 0 Å². The summed E-state index contributed by atoms with van der Waals surface area (Å²) in [6, 6.07) is 0. The summed E-state index contributed by atoms with van der Waals surface area (Å²) >= 11 is 0. The molecule has 0 bridgehead atoms. The zero-order valence-corrected chi connectivity index (χ0v) is 11.6. The highest BCUT2D eigenvalue weighted by molar-refractivity contribution is 5.34. The monoisotopic (exact) mass is 250 g/mol. The molecular formula is C13H22N4O. The van der Waals surface area contributed by atoms with E-state index in [1.807, 2.05) is 13.1 Å². The third-order valence-electron chi connectivity index (χ3n) is 3.14. The first-order chi connectivity index (χ1) is 8.41. The first-order valence-electron chi connectivity index (χ1n) is 6.36. The molecule has 5 heteroatoms. The number of anilines is 1. The fourth-order valence-corrected chi connectivity index (χ4v) is 2.44. The van der Waals surface area contributed by atoms with Crippen LogP contribution in [0.25, 0.3) is 0 Å². The van der Waals surface area contributed by atoms with Crippen LogP contribution in [0, 0.1) is 6.92 Å². The summed E-state index contributed by atoms with van der Waals surface area (Å²) in [4.78, 5) is 11.1. The van der Waals surface area contributed by atoms with Crippen LogP contribution in [-0.4, -0.2) is 34.8 Å². The fourth-order valence-electron chi connectivity index (χ4n) is 2.44. The molecule has 1 unspecified atom stereocenters. The van der Waals surface area contributed by atoms with Crippen molar-refractivity contribution in [3.05, 3.63) is 17.5 Å². The van der Waals surface area contributed by atoms with Crippen LogP contribution >= 0.6 is 0 Å². The van der Waals surface area contributed by atoms with Crippen LogP contribution in [0.4, 0.5) is 5.95 Å². The van der Waals surface area contributed by atoms with Gasteiger partial charge in [-0.05, 0) is 27.7 Å². The minimum Gasteiger partial charge on any atom is -0.369 e. The van der Waals surface area contributed by atoms with Crippen LogP contribution in [0.15, 0.2) is 6.20 Å². The molecule has 0 amide bonds. The summed E-state index contributed by atoms with van der Waals surface area (Å²) in [6.45, 7) is 10.4. The highest BCUT2D eigenvalue weighted by Gasteiger charge is 2.32. The van der Waals surface area contributed by atoms with E-state index in [-0.39, 0.29) is 11.7 Å². The number of nitrogens with zero attached hydrogens (tertiary/aromatic N) is 3. The number of aryl methyl sites for hydroxylation is 1. The third kappa shape index (κ3) is 2.79. The maximum Gasteiger partial charge on any atom is 0.225 e.